The maximum Gasteiger partial charge on any atom is 0.197 e. The van der Waals surface area contributed by atoms with Crippen molar-refractivity contribution in [2.75, 3.05) is 12.4 Å². The van der Waals surface area contributed by atoms with Crippen LogP contribution in [0.25, 0.3) is 11.6 Å². The van der Waals surface area contributed by atoms with Gasteiger partial charge in [-0.15, -0.1) is 0 Å². The van der Waals surface area contributed by atoms with Crippen LogP contribution in [0.5, 0.6) is 0 Å². The molecule has 0 radical (unpaired) electrons. The third-order valence-corrected chi connectivity index (χ3v) is 3.03. The zero-order valence-electron chi connectivity index (χ0n) is 11.4. The largest absolute Gasteiger partial charge is 0.458 e. The van der Waals surface area contributed by atoms with Gasteiger partial charge in [-0.1, -0.05) is 13.8 Å². The Morgan fingerprint density at radius 3 is 2.50 bits per heavy atom. The lowest BCUT2D eigenvalue weighted by Crippen LogP contribution is -2.04. The van der Waals surface area contributed by atoms with Crippen LogP contribution in [0.4, 0.5) is 5.82 Å². The Bertz CT molecular complexity index is 546. The SMILES string of the molecule is CCc1ccc(-c2nc(C)c(CC)c(NC)n2)o1. The highest BCUT2D eigenvalue weighted by Crippen LogP contribution is 2.24. The number of nitrogens with one attached hydrogen (secondary N) is 1. The smallest absolute Gasteiger partial charge is 0.197 e. The molecule has 96 valence electrons. The lowest BCUT2D eigenvalue weighted by Gasteiger charge is -2.10. The minimum Gasteiger partial charge on any atom is -0.458 e. The summed E-state index contributed by atoms with van der Waals surface area (Å²) in [5.41, 5.74) is 2.16. The van der Waals surface area contributed by atoms with E-state index in [0.717, 1.165) is 41.4 Å². The summed E-state index contributed by atoms with van der Waals surface area (Å²) in [6.07, 6.45) is 1.80. The fourth-order valence-electron chi connectivity index (χ4n) is 2.02. The molecule has 4 nitrogen and oxygen atoms in total. The highest BCUT2D eigenvalue weighted by atomic mass is 16.3. The van der Waals surface area contributed by atoms with Crippen LogP contribution in [-0.4, -0.2) is 17.0 Å². The van der Waals surface area contributed by atoms with Gasteiger partial charge in [0.15, 0.2) is 11.6 Å². The number of aryl methyl sites for hydroxylation is 2. The van der Waals surface area contributed by atoms with Gasteiger partial charge in [-0.2, -0.15) is 0 Å². The lowest BCUT2D eigenvalue weighted by atomic mass is 10.1. The molecule has 2 aromatic heterocycles. The molecule has 0 bridgehead atoms. The predicted molar refractivity (Wildman–Crippen MR) is 72.8 cm³/mol. The standard InChI is InChI=1S/C14H19N3O/c1-5-10-7-8-12(18-10)14-16-9(3)11(6-2)13(15-4)17-14/h7-8H,5-6H2,1-4H3,(H,15,16,17). The number of aromatic nitrogens is 2. The Labute approximate surface area is 107 Å². The van der Waals surface area contributed by atoms with E-state index in [2.05, 4.69) is 29.1 Å². The van der Waals surface area contributed by atoms with E-state index in [9.17, 15) is 0 Å². The topological polar surface area (TPSA) is 51.0 Å². The number of furan rings is 1. The van der Waals surface area contributed by atoms with Gasteiger partial charge in [-0.3, -0.25) is 0 Å². The molecule has 0 amide bonds. The molecular formula is C14H19N3O. The monoisotopic (exact) mass is 245 g/mol. The van der Waals surface area contributed by atoms with Gasteiger partial charge in [-0.25, -0.2) is 9.97 Å². The van der Waals surface area contributed by atoms with Crippen molar-refractivity contribution in [2.24, 2.45) is 0 Å². The Kier molecular flexibility index (Phi) is 3.65. The van der Waals surface area contributed by atoms with Gasteiger partial charge < -0.3 is 9.73 Å². The average molecular weight is 245 g/mol. The summed E-state index contributed by atoms with van der Waals surface area (Å²) in [6, 6.07) is 3.90. The molecule has 0 aliphatic rings. The van der Waals surface area contributed by atoms with E-state index < -0.39 is 0 Å². The zero-order chi connectivity index (χ0) is 13.1. The molecule has 0 fully saturated rings. The predicted octanol–water partition coefficient (Wildman–Crippen LogP) is 3.21. The zero-order valence-corrected chi connectivity index (χ0v) is 11.4. The minimum atomic E-state index is 0.647. The maximum absolute atomic E-state index is 5.69. The first kappa shape index (κ1) is 12.6. The third kappa shape index (κ3) is 2.23. The van der Waals surface area contributed by atoms with Crippen molar-refractivity contribution in [3.8, 4) is 11.6 Å². The fraction of sp³-hybridized carbons (Fsp3) is 0.429. The normalized spacial score (nSPS) is 10.7. The van der Waals surface area contributed by atoms with Gasteiger partial charge in [0.05, 0.1) is 0 Å². The van der Waals surface area contributed by atoms with Gasteiger partial charge in [0.25, 0.3) is 0 Å². The Morgan fingerprint density at radius 1 is 1.17 bits per heavy atom. The summed E-state index contributed by atoms with van der Waals surface area (Å²) >= 11 is 0. The highest BCUT2D eigenvalue weighted by molar-refractivity contribution is 5.55. The van der Waals surface area contributed by atoms with E-state index in [-0.39, 0.29) is 0 Å². The summed E-state index contributed by atoms with van der Waals surface area (Å²) in [5, 5.41) is 3.13. The van der Waals surface area contributed by atoms with Crippen molar-refractivity contribution in [1.82, 2.24) is 9.97 Å². The van der Waals surface area contributed by atoms with Crippen LogP contribution in [0.3, 0.4) is 0 Å². The Morgan fingerprint density at radius 2 is 1.94 bits per heavy atom. The first-order chi connectivity index (χ1) is 8.69. The quantitative estimate of drug-likeness (QED) is 0.898. The molecule has 0 saturated carbocycles. The summed E-state index contributed by atoms with van der Waals surface area (Å²) in [5.74, 6) is 3.22. The van der Waals surface area contributed by atoms with Gasteiger partial charge >= 0.3 is 0 Å². The third-order valence-electron chi connectivity index (χ3n) is 3.03. The van der Waals surface area contributed by atoms with E-state index in [0.29, 0.717) is 5.82 Å². The number of hydrogen-bond acceptors (Lipinski definition) is 4. The van der Waals surface area contributed by atoms with Gasteiger partial charge in [0.1, 0.15) is 11.6 Å². The van der Waals surface area contributed by atoms with Crippen molar-refractivity contribution < 1.29 is 4.42 Å². The highest BCUT2D eigenvalue weighted by Gasteiger charge is 2.13. The second-order valence-corrected chi connectivity index (χ2v) is 4.18. The molecule has 2 aromatic rings. The number of rotatable bonds is 4. The van der Waals surface area contributed by atoms with Crippen molar-refractivity contribution in [1.29, 1.82) is 0 Å². The summed E-state index contributed by atoms with van der Waals surface area (Å²) in [6.45, 7) is 6.18. The van der Waals surface area contributed by atoms with E-state index >= 15 is 0 Å². The van der Waals surface area contributed by atoms with Crippen LogP contribution in [0.15, 0.2) is 16.5 Å². The molecule has 1 N–H and O–H groups in total. The number of hydrogen-bond donors (Lipinski definition) is 1. The first-order valence-corrected chi connectivity index (χ1v) is 6.33. The van der Waals surface area contributed by atoms with E-state index in [4.69, 9.17) is 4.42 Å². The first-order valence-electron chi connectivity index (χ1n) is 6.33. The molecular weight excluding hydrogens is 226 g/mol. The second kappa shape index (κ2) is 5.21. The number of nitrogens with zero attached hydrogens (tertiary/aromatic N) is 2. The van der Waals surface area contributed by atoms with Gasteiger partial charge in [0.2, 0.25) is 0 Å². The van der Waals surface area contributed by atoms with Crippen molar-refractivity contribution >= 4 is 5.82 Å². The fourth-order valence-corrected chi connectivity index (χ4v) is 2.02. The molecule has 0 unspecified atom stereocenters. The van der Waals surface area contributed by atoms with E-state index in [1.807, 2.05) is 26.1 Å². The van der Waals surface area contributed by atoms with E-state index in [1.54, 1.807) is 0 Å². The Hall–Kier alpha value is -1.84. The summed E-state index contributed by atoms with van der Waals surface area (Å²) in [7, 11) is 1.88. The molecule has 4 heteroatoms. The summed E-state index contributed by atoms with van der Waals surface area (Å²) in [4.78, 5) is 9.05. The molecule has 0 aromatic carbocycles. The minimum absolute atomic E-state index is 0.647. The van der Waals surface area contributed by atoms with Crippen molar-refractivity contribution in [2.45, 2.75) is 33.6 Å². The molecule has 0 atom stereocenters. The second-order valence-electron chi connectivity index (χ2n) is 4.18. The molecule has 0 spiro atoms. The molecule has 0 aliphatic carbocycles. The van der Waals surface area contributed by atoms with Crippen LogP contribution >= 0.6 is 0 Å². The maximum atomic E-state index is 5.69. The molecule has 2 rings (SSSR count). The summed E-state index contributed by atoms with van der Waals surface area (Å²) < 4.78 is 5.69. The van der Waals surface area contributed by atoms with Gasteiger partial charge in [-0.05, 0) is 25.5 Å². The van der Waals surface area contributed by atoms with E-state index in [1.165, 1.54) is 0 Å². The lowest BCUT2D eigenvalue weighted by molar-refractivity contribution is 0.525. The molecule has 0 aliphatic heterocycles. The Balaban J connectivity index is 2.48. The van der Waals surface area contributed by atoms with Crippen molar-refractivity contribution in [3.05, 3.63) is 29.2 Å². The van der Waals surface area contributed by atoms with Crippen LogP contribution in [-0.2, 0) is 12.8 Å². The molecule has 18 heavy (non-hydrogen) atoms. The van der Waals surface area contributed by atoms with Crippen LogP contribution in [0.1, 0.15) is 30.9 Å². The molecule has 0 saturated heterocycles. The van der Waals surface area contributed by atoms with Crippen LogP contribution < -0.4 is 5.32 Å². The molecule has 2 heterocycles. The average Bonchev–Trinajstić information content (AvgIpc) is 2.86. The van der Waals surface area contributed by atoms with Crippen LogP contribution in [0.2, 0.25) is 0 Å². The van der Waals surface area contributed by atoms with Gasteiger partial charge in [0, 0.05) is 24.7 Å². The van der Waals surface area contributed by atoms with Crippen molar-refractivity contribution in [3.63, 3.8) is 0 Å². The van der Waals surface area contributed by atoms with Crippen LogP contribution in [0, 0.1) is 6.92 Å². The number of anilines is 1.